The van der Waals surface area contributed by atoms with Crippen molar-refractivity contribution in [3.63, 3.8) is 0 Å². The van der Waals surface area contributed by atoms with Crippen molar-refractivity contribution in [3.8, 4) is 5.75 Å². The van der Waals surface area contributed by atoms with E-state index in [-0.39, 0.29) is 0 Å². The molecule has 3 nitrogen and oxygen atoms in total. The fourth-order valence-corrected chi connectivity index (χ4v) is 1.77. The largest absolute Gasteiger partial charge is 0.489 e. The van der Waals surface area contributed by atoms with Crippen molar-refractivity contribution in [2.75, 3.05) is 6.54 Å². The molecule has 1 N–H and O–H groups in total. The second-order valence-electron chi connectivity index (χ2n) is 4.24. The SMILES string of the molecule is O=CNCCc1ccc(OCc2ccccc2)cc1. The Hall–Kier alpha value is -2.29. The van der Waals surface area contributed by atoms with E-state index < -0.39 is 0 Å². The third-order valence-corrected chi connectivity index (χ3v) is 2.81. The van der Waals surface area contributed by atoms with Crippen LogP contribution in [0.1, 0.15) is 11.1 Å². The second-order valence-corrected chi connectivity index (χ2v) is 4.24. The van der Waals surface area contributed by atoms with E-state index in [4.69, 9.17) is 4.74 Å². The zero-order chi connectivity index (χ0) is 13.3. The van der Waals surface area contributed by atoms with Gasteiger partial charge in [0.25, 0.3) is 0 Å². The number of hydrogen-bond donors (Lipinski definition) is 1. The van der Waals surface area contributed by atoms with E-state index in [1.807, 2.05) is 54.6 Å². The van der Waals surface area contributed by atoms with Gasteiger partial charge in [-0.25, -0.2) is 0 Å². The molecule has 98 valence electrons. The summed E-state index contributed by atoms with van der Waals surface area (Å²) in [5, 5.41) is 2.65. The summed E-state index contributed by atoms with van der Waals surface area (Å²) in [5.41, 5.74) is 2.34. The van der Waals surface area contributed by atoms with E-state index in [1.165, 1.54) is 5.56 Å². The summed E-state index contributed by atoms with van der Waals surface area (Å²) in [6.07, 6.45) is 1.55. The molecule has 0 aromatic heterocycles. The molecule has 0 aliphatic carbocycles. The lowest BCUT2D eigenvalue weighted by Crippen LogP contribution is -2.14. The lowest BCUT2D eigenvalue weighted by Gasteiger charge is -2.07. The number of carbonyl (C=O) groups is 1. The van der Waals surface area contributed by atoms with Gasteiger partial charge in [0.2, 0.25) is 6.41 Å². The van der Waals surface area contributed by atoms with Crippen LogP contribution >= 0.6 is 0 Å². The Bertz CT molecular complexity index is 494. The van der Waals surface area contributed by atoms with Crippen LogP contribution in [-0.4, -0.2) is 13.0 Å². The summed E-state index contributed by atoms with van der Waals surface area (Å²) in [7, 11) is 0. The van der Waals surface area contributed by atoms with Gasteiger partial charge in [-0.1, -0.05) is 42.5 Å². The topological polar surface area (TPSA) is 38.3 Å². The van der Waals surface area contributed by atoms with Gasteiger partial charge in [0, 0.05) is 6.54 Å². The van der Waals surface area contributed by atoms with E-state index in [0.29, 0.717) is 13.2 Å². The Morgan fingerprint density at radius 3 is 2.37 bits per heavy atom. The molecular formula is C16H17NO2. The van der Waals surface area contributed by atoms with E-state index >= 15 is 0 Å². The average Bonchev–Trinajstić information content (AvgIpc) is 2.48. The fourth-order valence-electron chi connectivity index (χ4n) is 1.77. The quantitative estimate of drug-likeness (QED) is 0.610. The maximum Gasteiger partial charge on any atom is 0.207 e. The smallest absolute Gasteiger partial charge is 0.207 e. The Morgan fingerprint density at radius 2 is 1.68 bits per heavy atom. The number of ether oxygens (including phenoxy) is 1. The number of amides is 1. The van der Waals surface area contributed by atoms with Gasteiger partial charge in [0.1, 0.15) is 12.4 Å². The van der Waals surface area contributed by atoms with Gasteiger partial charge in [-0.3, -0.25) is 4.79 Å². The second kappa shape index (κ2) is 7.21. The molecule has 2 aromatic carbocycles. The predicted octanol–water partition coefficient (Wildman–Crippen LogP) is 2.55. The molecule has 2 aromatic rings. The monoisotopic (exact) mass is 255 g/mol. The average molecular weight is 255 g/mol. The highest BCUT2D eigenvalue weighted by Crippen LogP contribution is 2.14. The predicted molar refractivity (Wildman–Crippen MR) is 75.0 cm³/mol. The van der Waals surface area contributed by atoms with Crippen molar-refractivity contribution < 1.29 is 9.53 Å². The van der Waals surface area contributed by atoms with E-state index in [0.717, 1.165) is 24.1 Å². The van der Waals surface area contributed by atoms with Crippen LogP contribution in [0, 0.1) is 0 Å². The minimum absolute atomic E-state index is 0.576. The van der Waals surface area contributed by atoms with Gasteiger partial charge in [0.15, 0.2) is 0 Å². The lowest BCUT2D eigenvalue weighted by molar-refractivity contribution is -0.109. The molecule has 0 heterocycles. The first kappa shape index (κ1) is 13.1. The van der Waals surface area contributed by atoms with Gasteiger partial charge < -0.3 is 10.1 Å². The van der Waals surface area contributed by atoms with Crippen LogP contribution in [0.4, 0.5) is 0 Å². The number of carbonyl (C=O) groups excluding carboxylic acids is 1. The van der Waals surface area contributed by atoms with E-state index in [2.05, 4.69) is 5.32 Å². The third kappa shape index (κ3) is 4.47. The molecule has 0 radical (unpaired) electrons. The highest BCUT2D eigenvalue weighted by Gasteiger charge is 1.97. The molecular weight excluding hydrogens is 238 g/mol. The number of hydrogen-bond acceptors (Lipinski definition) is 2. The maximum absolute atomic E-state index is 10.1. The summed E-state index contributed by atoms with van der Waals surface area (Å²) in [4.78, 5) is 10.1. The third-order valence-electron chi connectivity index (χ3n) is 2.81. The summed E-state index contributed by atoms with van der Waals surface area (Å²) >= 11 is 0. The first-order valence-electron chi connectivity index (χ1n) is 6.31. The summed E-state index contributed by atoms with van der Waals surface area (Å²) in [6, 6.07) is 18.0. The molecule has 0 aliphatic heterocycles. The summed E-state index contributed by atoms with van der Waals surface area (Å²) in [5.74, 6) is 0.857. The fraction of sp³-hybridized carbons (Fsp3) is 0.188. The highest BCUT2D eigenvalue weighted by molar-refractivity contribution is 5.45. The van der Waals surface area contributed by atoms with Crippen LogP contribution in [0.2, 0.25) is 0 Å². The van der Waals surface area contributed by atoms with E-state index in [9.17, 15) is 4.79 Å². The molecule has 0 atom stereocenters. The van der Waals surface area contributed by atoms with Gasteiger partial charge in [-0.15, -0.1) is 0 Å². The molecule has 1 amide bonds. The van der Waals surface area contributed by atoms with Crippen molar-refractivity contribution in [2.45, 2.75) is 13.0 Å². The summed E-state index contributed by atoms with van der Waals surface area (Å²) < 4.78 is 5.70. The molecule has 0 fully saturated rings. The van der Waals surface area contributed by atoms with Crippen molar-refractivity contribution in [3.05, 3.63) is 65.7 Å². The van der Waals surface area contributed by atoms with Crippen molar-refractivity contribution in [1.29, 1.82) is 0 Å². The van der Waals surface area contributed by atoms with Crippen molar-refractivity contribution in [1.82, 2.24) is 5.32 Å². The molecule has 0 bridgehead atoms. The Labute approximate surface area is 113 Å². The number of rotatable bonds is 7. The summed E-state index contributed by atoms with van der Waals surface area (Å²) in [6.45, 7) is 1.24. The highest BCUT2D eigenvalue weighted by atomic mass is 16.5. The molecule has 0 spiro atoms. The number of benzene rings is 2. The molecule has 3 heteroatoms. The first-order chi connectivity index (χ1) is 9.38. The minimum Gasteiger partial charge on any atom is -0.489 e. The van der Waals surface area contributed by atoms with Crippen LogP contribution in [0.5, 0.6) is 5.75 Å². The van der Waals surface area contributed by atoms with Crippen molar-refractivity contribution in [2.24, 2.45) is 0 Å². The Balaban J connectivity index is 1.83. The van der Waals surface area contributed by atoms with Crippen LogP contribution in [-0.2, 0) is 17.8 Å². The first-order valence-corrected chi connectivity index (χ1v) is 6.31. The molecule has 2 rings (SSSR count). The zero-order valence-electron chi connectivity index (χ0n) is 10.7. The Kier molecular flexibility index (Phi) is 4.99. The van der Waals surface area contributed by atoms with Gasteiger partial charge in [0.05, 0.1) is 0 Å². The number of nitrogens with one attached hydrogen (secondary N) is 1. The molecule has 0 saturated carbocycles. The normalized spacial score (nSPS) is 9.89. The minimum atomic E-state index is 0.576. The zero-order valence-corrected chi connectivity index (χ0v) is 10.7. The molecule has 0 unspecified atom stereocenters. The van der Waals surface area contributed by atoms with E-state index in [1.54, 1.807) is 0 Å². The van der Waals surface area contributed by atoms with Crippen LogP contribution in [0.3, 0.4) is 0 Å². The Morgan fingerprint density at radius 1 is 0.947 bits per heavy atom. The van der Waals surface area contributed by atoms with Crippen LogP contribution in [0.15, 0.2) is 54.6 Å². The van der Waals surface area contributed by atoms with Crippen LogP contribution in [0.25, 0.3) is 0 Å². The van der Waals surface area contributed by atoms with Crippen LogP contribution < -0.4 is 10.1 Å². The van der Waals surface area contributed by atoms with Gasteiger partial charge in [-0.2, -0.15) is 0 Å². The van der Waals surface area contributed by atoms with Gasteiger partial charge in [-0.05, 0) is 29.7 Å². The molecule has 19 heavy (non-hydrogen) atoms. The standard InChI is InChI=1S/C16H17NO2/c18-13-17-11-10-14-6-8-16(9-7-14)19-12-15-4-2-1-3-5-15/h1-9,13H,10-12H2,(H,17,18). The van der Waals surface area contributed by atoms with Crippen molar-refractivity contribution >= 4 is 6.41 Å². The molecule has 0 aliphatic rings. The van der Waals surface area contributed by atoms with Gasteiger partial charge >= 0.3 is 0 Å². The lowest BCUT2D eigenvalue weighted by atomic mass is 10.1. The molecule has 0 saturated heterocycles. The maximum atomic E-state index is 10.1.